The molecule has 1 N–H and O–H groups in total. The smallest absolute Gasteiger partial charge is 0.273 e. The van der Waals surface area contributed by atoms with Crippen LogP contribution in [-0.2, 0) is 11.3 Å². The molecule has 2 heterocycles. The molecule has 0 unspecified atom stereocenters. The number of hydrogen-bond acceptors (Lipinski definition) is 6. The summed E-state index contributed by atoms with van der Waals surface area (Å²) in [5.74, 6) is 1.52. The molecule has 0 aliphatic carbocycles. The highest BCUT2D eigenvalue weighted by molar-refractivity contribution is 5.92. The van der Waals surface area contributed by atoms with Gasteiger partial charge in [0.25, 0.3) is 5.91 Å². The van der Waals surface area contributed by atoms with Gasteiger partial charge in [0, 0.05) is 12.6 Å². The lowest BCUT2D eigenvalue weighted by molar-refractivity contribution is -0.0615. The van der Waals surface area contributed by atoms with Gasteiger partial charge in [-0.2, -0.15) is 0 Å². The molecule has 0 bridgehead atoms. The van der Waals surface area contributed by atoms with Crippen molar-refractivity contribution in [3.8, 4) is 11.5 Å². The summed E-state index contributed by atoms with van der Waals surface area (Å²) in [7, 11) is 1.61. The molecule has 7 heteroatoms. The standard InChI is InChI=1S/C19H24N2O5/c1-19(2)10-13(8-9-26-19)20-18(22)16-11-25-17(21-16)12-24-15-6-4-14(23-3)5-7-15/h4-7,11,13H,8-10,12H2,1-3H3,(H,20,22)/t13-/m0/s1. The normalized spacial score (nSPS) is 19.0. The van der Waals surface area contributed by atoms with E-state index in [1.807, 2.05) is 13.8 Å². The summed E-state index contributed by atoms with van der Waals surface area (Å²) in [5, 5.41) is 2.99. The molecule has 1 aliphatic heterocycles. The van der Waals surface area contributed by atoms with Gasteiger partial charge in [-0.15, -0.1) is 0 Å². The summed E-state index contributed by atoms with van der Waals surface area (Å²) in [4.78, 5) is 16.6. The Morgan fingerprint density at radius 3 is 2.73 bits per heavy atom. The number of nitrogens with zero attached hydrogens (tertiary/aromatic N) is 1. The van der Waals surface area contributed by atoms with E-state index in [4.69, 9.17) is 18.6 Å². The molecular weight excluding hydrogens is 336 g/mol. The molecule has 0 radical (unpaired) electrons. The van der Waals surface area contributed by atoms with E-state index in [1.54, 1.807) is 31.4 Å². The monoisotopic (exact) mass is 360 g/mol. The second-order valence-electron chi connectivity index (χ2n) is 6.86. The van der Waals surface area contributed by atoms with E-state index in [0.29, 0.717) is 18.2 Å². The molecule has 1 amide bonds. The number of rotatable bonds is 6. The fourth-order valence-electron chi connectivity index (χ4n) is 2.91. The maximum Gasteiger partial charge on any atom is 0.273 e. The second kappa shape index (κ2) is 7.78. The van der Waals surface area contributed by atoms with Gasteiger partial charge < -0.3 is 23.9 Å². The number of amides is 1. The van der Waals surface area contributed by atoms with Crippen molar-refractivity contribution in [2.45, 2.75) is 44.9 Å². The molecule has 1 aliphatic rings. The lowest BCUT2D eigenvalue weighted by Gasteiger charge is -2.35. The van der Waals surface area contributed by atoms with Crippen molar-refractivity contribution in [3.63, 3.8) is 0 Å². The number of ether oxygens (including phenoxy) is 3. The van der Waals surface area contributed by atoms with Crippen molar-refractivity contribution in [2.75, 3.05) is 13.7 Å². The molecule has 0 saturated carbocycles. The first-order valence-corrected chi connectivity index (χ1v) is 8.61. The van der Waals surface area contributed by atoms with Crippen molar-refractivity contribution in [3.05, 3.63) is 42.1 Å². The predicted molar refractivity (Wildman–Crippen MR) is 94.3 cm³/mol. The summed E-state index contributed by atoms with van der Waals surface area (Å²) >= 11 is 0. The van der Waals surface area contributed by atoms with Crippen LogP contribution < -0.4 is 14.8 Å². The van der Waals surface area contributed by atoms with E-state index >= 15 is 0 Å². The first-order valence-electron chi connectivity index (χ1n) is 8.61. The molecular formula is C19H24N2O5. The molecule has 140 valence electrons. The number of carbonyl (C=O) groups excluding carboxylic acids is 1. The maximum atomic E-state index is 12.4. The third kappa shape index (κ3) is 4.76. The zero-order valence-corrected chi connectivity index (χ0v) is 15.3. The van der Waals surface area contributed by atoms with Crippen LogP contribution in [0.3, 0.4) is 0 Å². The third-order valence-electron chi connectivity index (χ3n) is 4.24. The Hall–Kier alpha value is -2.54. The Morgan fingerprint density at radius 2 is 2.04 bits per heavy atom. The minimum atomic E-state index is -0.243. The number of oxazole rings is 1. The Labute approximate surface area is 152 Å². The highest BCUT2D eigenvalue weighted by Crippen LogP contribution is 2.24. The van der Waals surface area contributed by atoms with Crippen molar-refractivity contribution in [1.82, 2.24) is 10.3 Å². The van der Waals surface area contributed by atoms with Gasteiger partial charge in [-0.1, -0.05) is 0 Å². The Morgan fingerprint density at radius 1 is 1.31 bits per heavy atom. The van der Waals surface area contributed by atoms with Gasteiger partial charge in [-0.05, 0) is 51.0 Å². The van der Waals surface area contributed by atoms with Crippen molar-refractivity contribution < 1.29 is 23.4 Å². The van der Waals surface area contributed by atoms with Crippen LogP contribution in [0, 0.1) is 0 Å². The van der Waals surface area contributed by atoms with Gasteiger partial charge in [0.2, 0.25) is 5.89 Å². The number of carbonyl (C=O) groups is 1. The summed E-state index contributed by atoms with van der Waals surface area (Å²) in [6, 6.07) is 7.27. The minimum absolute atomic E-state index is 0.0712. The number of hydrogen-bond donors (Lipinski definition) is 1. The number of benzene rings is 1. The van der Waals surface area contributed by atoms with Crippen LogP contribution in [-0.4, -0.2) is 36.3 Å². The first-order chi connectivity index (χ1) is 12.4. The number of aromatic nitrogens is 1. The highest BCUT2D eigenvalue weighted by Gasteiger charge is 2.30. The summed E-state index contributed by atoms with van der Waals surface area (Å²) in [6.45, 7) is 4.83. The lowest BCUT2D eigenvalue weighted by Crippen LogP contribution is -2.45. The largest absolute Gasteiger partial charge is 0.497 e. The average molecular weight is 360 g/mol. The summed E-state index contributed by atoms with van der Waals surface area (Å²) in [5.41, 5.74) is 0.0276. The number of methoxy groups -OCH3 is 1. The van der Waals surface area contributed by atoms with Crippen LogP contribution in [0.4, 0.5) is 0 Å². The molecule has 1 atom stereocenters. The molecule has 1 aromatic heterocycles. The molecule has 26 heavy (non-hydrogen) atoms. The van der Waals surface area contributed by atoms with Gasteiger partial charge >= 0.3 is 0 Å². The fourth-order valence-corrected chi connectivity index (χ4v) is 2.91. The zero-order chi connectivity index (χ0) is 18.6. The topological polar surface area (TPSA) is 82.8 Å². The Bertz CT molecular complexity index is 739. The van der Waals surface area contributed by atoms with E-state index < -0.39 is 0 Å². The van der Waals surface area contributed by atoms with Crippen LogP contribution in [0.2, 0.25) is 0 Å². The zero-order valence-electron chi connectivity index (χ0n) is 15.3. The van der Waals surface area contributed by atoms with Crippen LogP contribution in [0.5, 0.6) is 11.5 Å². The quantitative estimate of drug-likeness (QED) is 0.853. The highest BCUT2D eigenvalue weighted by atomic mass is 16.5. The number of nitrogens with one attached hydrogen (secondary N) is 1. The minimum Gasteiger partial charge on any atom is -0.497 e. The molecule has 3 rings (SSSR count). The van der Waals surface area contributed by atoms with Crippen molar-refractivity contribution >= 4 is 5.91 Å². The van der Waals surface area contributed by atoms with E-state index in [2.05, 4.69) is 10.3 Å². The van der Waals surface area contributed by atoms with E-state index in [0.717, 1.165) is 18.6 Å². The fraction of sp³-hybridized carbons (Fsp3) is 0.474. The van der Waals surface area contributed by atoms with E-state index in [-0.39, 0.29) is 29.9 Å². The predicted octanol–water partition coefficient (Wildman–Crippen LogP) is 2.95. The lowest BCUT2D eigenvalue weighted by atomic mass is 9.94. The maximum absolute atomic E-state index is 12.4. The first kappa shape index (κ1) is 18.3. The third-order valence-corrected chi connectivity index (χ3v) is 4.24. The van der Waals surface area contributed by atoms with Gasteiger partial charge in [0.1, 0.15) is 17.8 Å². The molecule has 2 aromatic rings. The molecule has 7 nitrogen and oxygen atoms in total. The van der Waals surface area contributed by atoms with Crippen LogP contribution >= 0.6 is 0 Å². The van der Waals surface area contributed by atoms with Crippen LogP contribution in [0.25, 0.3) is 0 Å². The molecule has 0 spiro atoms. The van der Waals surface area contributed by atoms with Crippen molar-refractivity contribution in [2.24, 2.45) is 0 Å². The van der Waals surface area contributed by atoms with E-state index in [1.165, 1.54) is 6.26 Å². The Balaban J connectivity index is 1.52. The second-order valence-corrected chi connectivity index (χ2v) is 6.86. The molecule has 1 aromatic carbocycles. The van der Waals surface area contributed by atoms with Crippen LogP contribution in [0.1, 0.15) is 43.1 Å². The molecule has 1 fully saturated rings. The van der Waals surface area contributed by atoms with E-state index in [9.17, 15) is 4.79 Å². The Kier molecular flexibility index (Phi) is 5.46. The average Bonchev–Trinajstić information content (AvgIpc) is 3.09. The van der Waals surface area contributed by atoms with Gasteiger partial charge in [0.15, 0.2) is 12.3 Å². The van der Waals surface area contributed by atoms with Gasteiger partial charge in [-0.3, -0.25) is 4.79 Å². The SMILES string of the molecule is COc1ccc(OCc2nc(C(=O)N[C@H]3CCOC(C)(C)C3)co2)cc1. The summed E-state index contributed by atoms with van der Waals surface area (Å²) < 4.78 is 21.7. The van der Waals surface area contributed by atoms with Crippen molar-refractivity contribution in [1.29, 1.82) is 0 Å². The van der Waals surface area contributed by atoms with Gasteiger partial charge in [-0.25, -0.2) is 4.98 Å². The molecule has 1 saturated heterocycles. The van der Waals surface area contributed by atoms with Crippen LogP contribution in [0.15, 0.2) is 34.9 Å². The summed E-state index contributed by atoms with van der Waals surface area (Å²) in [6.07, 6.45) is 2.91. The van der Waals surface area contributed by atoms with Gasteiger partial charge in [0.05, 0.1) is 12.7 Å².